The molecule has 0 aliphatic heterocycles. The number of aryl methyl sites for hydroxylation is 1. The van der Waals surface area contributed by atoms with Crippen LogP contribution in [-0.4, -0.2) is 0 Å². The van der Waals surface area contributed by atoms with Crippen LogP contribution in [0.3, 0.4) is 0 Å². The third kappa shape index (κ3) is 5.27. The fourth-order valence-electron chi connectivity index (χ4n) is 1.83. The Morgan fingerprint density at radius 3 is 2.21 bits per heavy atom. The Bertz CT molecular complexity index is 553. The van der Waals surface area contributed by atoms with Gasteiger partial charge in [0.25, 0.3) is 0 Å². The third-order valence-corrected chi connectivity index (χ3v) is 2.84. The van der Waals surface area contributed by atoms with Crippen molar-refractivity contribution in [1.82, 2.24) is 0 Å². The molecule has 0 aliphatic carbocycles. The Labute approximate surface area is 115 Å². The van der Waals surface area contributed by atoms with Gasteiger partial charge in [-0.1, -0.05) is 72.5 Å². The smallest absolute Gasteiger partial charge is 0.0273 e. The Morgan fingerprint density at radius 2 is 1.47 bits per heavy atom. The van der Waals surface area contributed by atoms with Gasteiger partial charge in [0.2, 0.25) is 0 Å². The summed E-state index contributed by atoms with van der Waals surface area (Å²) < 4.78 is 0. The Kier molecular flexibility index (Phi) is 5.51. The molecule has 94 valence electrons. The molecule has 0 radical (unpaired) electrons. The van der Waals surface area contributed by atoms with Crippen molar-refractivity contribution in [2.75, 3.05) is 0 Å². The van der Waals surface area contributed by atoms with E-state index in [2.05, 4.69) is 54.3 Å². The van der Waals surface area contributed by atoms with Crippen molar-refractivity contribution in [3.8, 4) is 11.8 Å². The van der Waals surface area contributed by atoms with Crippen LogP contribution in [0.5, 0.6) is 0 Å². The number of rotatable bonds is 4. The summed E-state index contributed by atoms with van der Waals surface area (Å²) in [6.45, 7) is 0. The second-order valence-electron chi connectivity index (χ2n) is 4.37. The normalized spacial score (nSPS) is 10.1. The molecule has 2 aromatic rings. The van der Waals surface area contributed by atoms with Crippen LogP contribution >= 0.6 is 0 Å². The molecule has 0 saturated heterocycles. The van der Waals surface area contributed by atoms with Crippen molar-refractivity contribution in [1.29, 1.82) is 0 Å². The summed E-state index contributed by atoms with van der Waals surface area (Å²) >= 11 is 0. The highest BCUT2D eigenvalue weighted by Gasteiger charge is 1.87. The van der Waals surface area contributed by atoms with Gasteiger partial charge in [-0.25, -0.2) is 0 Å². The van der Waals surface area contributed by atoms with Crippen LogP contribution in [0.2, 0.25) is 0 Å². The third-order valence-electron chi connectivity index (χ3n) is 2.84. The summed E-state index contributed by atoms with van der Waals surface area (Å²) in [5, 5.41) is 0. The molecule has 2 rings (SSSR count). The summed E-state index contributed by atoms with van der Waals surface area (Å²) in [4.78, 5) is 0. The van der Waals surface area contributed by atoms with Gasteiger partial charge in [0.05, 0.1) is 0 Å². The average molecular weight is 246 g/mol. The molecule has 0 aromatic heterocycles. The van der Waals surface area contributed by atoms with Crippen LogP contribution in [0.15, 0.2) is 72.8 Å². The monoisotopic (exact) mass is 246 g/mol. The first kappa shape index (κ1) is 13.2. The second-order valence-corrected chi connectivity index (χ2v) is 4.37. The number of allylic oxidation sites excluding steroid dienone is 2. The van der Waals surface area contributed by atoms with Crippen molar-refractivity contribution in [3.63, 3.8) is 0 Å². The van der Waals surface area contributed by atoms with Crippen LogP contribution in [-0.2, 0) is 6.42 Å². The van der Waals surface area contributed by atoms with E-state index >= 15 is 0 Å². The summed E-state index contributed by atoms with van der Waals surface area (Å²) in [5.74, 6) is 6.32. The highest BCUT2D eigenvalue weighted by Crippen LogP contribution is 2.03. The van der Waals surface area contributed by atoms with Crippen molar-refractivity contribution in [3.05, 3.63) is 83.9 Å². The van der Waals surface area contributed by atoms with E-state index in [1.807, 2.05) is 30.3 Å². The molecule has 0 heterocycles. The number of benzene rings is 2. The Balaban J connectivity index is 1.69. The Hall–Kier alpha value is -2.26. The largest absolute Gasteiger partial charge is 0.0937 e. The fourth-order valence-corrected chi connectivity index (χ4v) is 1.83. The van der Waals surface area contributed by atoms with E-state index in [-0.39, 0.29) is 0 Å². The minimum Gasteiger partial charge on any atom is -0.0937 e. The molecular formula is C19H18. The molecule has 0 saturated carbocycles. The van der Waals surface area contributed by atoms with Gasteiger partial charge in [-0.05, 0) is 30.5 Å². The van der Waals surface area contributed by atoms with Gasteiger partial charge >= 0.3 is 0 Å². The summed E-state index contributed by atoms with van der Waals surface area (Å²) in [5.41, 5.74) is 2.47. The van der Waals surface area contributed by atoms with Crippen LogP contribution in [0.25, 0.3) is 0 Å². The van der Waals surface area contributed by atoms with Gasteiger partial charge in [0.15, 0.2) is 0 Å². The highest BCUT2D eigenvalue weighted by molar-refractivity contribution is 5.33. The maximum absolute atomic E-state index is 3.16. The lowest BCUT2D eigenvalue weighted by Crippen LogP contribution is -1.80. The van der Waals surface area contributed by atoms with Gasteiger partial charge in [-0.2, -0.15) is 0 Å². The van der Waals surface area contributed by atoms with Crippen LogP contribution in [0, 0.1) is 11.8 Å². The minimum absolute atomic E-state index is 0.823. The lowest BCUT2D eigenvalue weighted by atomic mass is 10.1. The zero-order valence-electron chi connectivity index (χ0n) is 11.0. The molecule has 0 unspecified atom stereocenters. The SMILES string of the molecule is C(#Cc1ccccc1)C/C=C\CCc1ccccc1. The first-order chi connectivity index (χ1) is 9.45. The lowest BCUT2D eigenvalue weighted by molar-refractivity contribution is 0.997. The average Bonchev–Trinajstić information content (AvgIpc) is 2.48. The summed E-state index contributed by atoms with van der Waals surface area (Å²) in [6.07, 6.45) is 7.37. The van der Waals surface area contributed by atoms with Crippen LogP contribution in [0.4, 0.5) is 0 Å². The van der Waals surface area contributed by atoms with E-state index < -0.39 is 0 Å². The molecule has 2 aromatic carbocycles. The molecule has 0 bridgehead atoms. The molecule has 0 heteroatoms. The topological polar surface area (TPSA) is 0 Å². The van der Waals surface area contributed by atoms with E-state index in [0.29, 0.717) is 0 Å². The maximum atomic E-state index is 3.16. The number of hydrogen-bond acceptors (Lipinski definition) is 0. The zero-order valence-corrected chi connectivity index (χ0v) is 11.0. The van der Waals surface area contributed by atoms with Crippen molar-refractivity contribution >= 4 is 0 Å². The van der Waals surface area contributed by atoms with E-state index in [4.69, 9.17) is 0 Å². The van der Waals surface area contributed by atoms with E-state index in [0.717, 1.165) is 24.8 Å². The second kappa shape index (κ2) is 7.95. The van der Waals surface area contributed by atoms with E-state index in [1.54, 1.807) is 0 Å². The van der Waals surface area contributed by atoms with E-state index in [1.165, 1.54) is 5.56 Å². The van der Waals surface area contributed by atoms with Gasteiger partial charge in [-0.15, -0.1) is 0 Å². The molecule has 0 aliphatic rings. The molecule has 19 heavy (non-hydrogen) atoms. The summed E-state index contributed by atoms with van der Waals surface area (Å²) in [6, 6.07) is 20.7. The minimum atomic E-state index is 0.823. The molecule has 0 amide bonds. The van der Waals surface area contributed by atoms with Crippen LogP contribution in [0.1, 0.15) is 24.0 Å². The lowest BCUT2D eigenvalue weighted by Gasteiger charge is -1.95. The van der Waals surface area contributed by atoms with Gasteiger partial charge in [0, 0.05) is 12.0 Å². The molecule has 0 atom stereocenters. The first-order valence-electron chi connectivity index (χ1n) is 6.68. The molecule has 0 nitrogen and oxygen atoms in total. The van der Waals surface area contributed by atoms with Crippen molar-refractivity contribution in [2.45, 2.75) is 19.3 Å². The van der Waals surface area contributed by atoms with Crippen LogP contribution < -0.4 is 0 Å². The predicted molar refractivity (Wildman–Crippen MR) is 81.8 cm³/mol. The van der Waals surface area contributed by atoms with Crippen molar-refractivity contribution in [2.24, 2.45) is 0 Å². The van der Waals surface area contributed by atoms with Gasteiger partial charge < -0.3 is 0 Å². The zero-order chi connectivity index (χ0) is 13.2. The van der Waals surface area contributed by atoms with Crippen molar-refractivity contribution < 1.29 is 0 Å². The van der Waals surface area contributed by atoms with Gasteiger partial charge in [-0.3, -0.25) is 0 Å². The first-order valence-corrected chi connectivity index (χ1v) is 6.68. The van der Waals surface area contributed by atoms with Gasteiger partial charge in [0.1, 0.15) is 0 Å². The summed E-state index contributed by atoms with van der Waals surface area (Å²) in [7, 11) is 0. The highest BCUT2D eigenvalue weighted by atomic mass is 13.9. The predicted octanol–water partition coefficient (Wildman–Crippen LogP) is 4.62. The molecule has 0 N–H and O–H groups in total. The molecule has 0 spiro atoms. The van der Waals surface area contributed by atoms with E-state index in [9.17, 15) is 0 Å². The fraction of sp³-hybridized carbons (Fsp3) is 0.158. The maximum Gasteiger partial charge on any atom is 0.0273 e. The number of hydrogen-bond donors (Lipinski definition) is 0. The quantitative estimate of drug-likeness (QED) is 0.545. The molecular weight excluding hydrogens is 228 g/mol. The molecule has 0 fully saturated rings. The standard InChI is InChI=1S/C19H18/c1(2-6-12-18-14-8-4-9-15-18)3-7-13-19-16-10-5-11-17-19/h1-2,4-5,8-11,14-17H,3,6,12H2/b2-1-. The Morgan fingerprint density at radius 1 is 0.789 bits per heavy atom.